The van der Waals surface area contributed by atoms with Crippen molar-refractivity contribution in [3.63, 3.8) is 0 Å². The molecule has 0 radical (unpaired) electrons. The molecule has 9 heteroatoms. The summed E-state index contributed by atoms with van der Waals surface area (Å²) in [6, 6.07) is 5.51. The van der Waals surface area contributed by atoms with E-state index in [1.807, 2.05) is 6.92 Å². The summed E-state index contributed by atoms with van der Waals surface area (Å²) in [6.45, 7) is 7.55. The number of carboxylic acid groups (broad SMARTS) is 1. The van der Waals surface area contributed by atoms with Crippen molar-refractivity contribution in [1.82, 2.24) is 4.57 Å². The molecule has 8 nitrogen and oxygen atoms in total. The molecule has 0 bridgehead atoms. The number of ether oxygens (including phenoxy) is 3. The Kier molecular flexibility index (Phi) is 6.85. The minimum Gasteiger partial charge on any atom is -0.490 e. The highest BCUT2D eigenvalue weighted by Gasteiger charge is 2.35. The number of carbonyl (C=O) groups excluding carboxylic acids is 1. The molecule has 0 saturated carbocycles. The van der Waals surface area contributed by atoms with Crippen LogP contribution in [0.15, 0.2) is 29.1 Å². The van der Waals surface area contributed by atoms with Crippen LogP contribution < -0.4 is 10.3 Å². The average Bonchev–Trinajstić information content (AvgIpc) is 2.85. The van der Waals surface area contributed by atoms with E-state index in [-0.39, 0.29) is 22.4 Å². The Bertz CT molecular complexity index is 1480. The third kappa shape index (κ3) is 4.71. The van der Waals surface area contributed by atoms with E-state index in [1.165, 1.54) is 43.0 Å². The number of carboxylic acids is 1. The van der Waals surface area contributed by atoms with Gasteiger partial charge in [-0.25, -0.2) is 14.0 Å². The summed E-state index contributed by atoms with van der Waals surface area (Å²) < 4.78 is 33.4. The van der Waals surface area contributed by atoms with E-state index < -0.39 is 35.0 Å². The zero-order chi connectivity index (χ0) is 27.2. The number of hydrogen-bond acceptors (Lipinski definition) is 6. The zero-order valence-electron chi connectivity index (χ0n) is 21.7. The number of pyridine rings is 1. The molecule has 1 aliphatic heterocycles. The van der Waals surface area contributed by atoms with Gasteiger partial charge in [0.25, 0.3) is 5.56 Å². The fourth-order valence-electron chi connectivity index (χ4n) is 4.85. The molecule has 37 heavy (non-hydrogen) atoms. The van der Waals surface area contributed by atoms with Crippen molar-refractivity contribution in [3.8, 4) is 16.9 Å². The SMILES string of the molecule is COC(=O)C(OC(C)(C)C)c1c(-c2cc(F)c3c(c2C)CCCO3)c2ccc(C(=O)O)cc2c(=O)n1C. The monoisotopic (exact) mass is 511 g/mol. The molecule has 0 saturated heterocycles. The summed E-state index contributed by atoms with van der Waals surface area (Å²) in [7, 11) is 2.70. The predicted octanol–water partition coefficient (Wildman–Crippen LogP) is 4.71. The quantitative estimate of drug-likeness (QED) is 0.495. The van der Waals surface area contributed by atoms with Gasteiger partial charge in [-0.2, -0.15) is 0 Å². The molecule has 2 heterocycles. The van der Waals surface area contributed by atoms with Crippen LogP contribution in [0.3, 0.4) is 0 Å². The first-order valence-electron chi connectivity index (χ1n) is 12.0. The van der Waals surface area contributed by atoms with Gasteiger partial charge in [0, 0.05) is 23.6 Å². The van der Waals surface area contributed by atoms with Gasteiger partial charge in [0.2, 0.25) is 0 Å². The summed E-state index contributed by atoms with van der Waals surface area (Å²) in [5.74, 6) is -2.28. The van der Waals surface area contributed by atoms with Crippen LogP contribution in [-0.4, -0.2) is 40.9 Å². The highest BCUT2D eigenvalue weighted by Crippen LogP contribution is 2.43. The lowest BCUT2D eigenvalue weighted by atomic mass is 9.87. The second-order valence-electron chi connectivity index (χ2n) is 10.1. The van der Waals surface area contributed by atoms with E-state index in [1.54, 1.807) is 20.8 Å². The number of aromatic carboxylic acids is 1. The maximum atomic E-state index is 15.4. The third-order valence-electron chi connectivity index (χ3n) is 6.53. The maximum Gasteiger partial charge on any atom is 0.341 e. The number of benzene rings is 2. The van der Waals surface area contributed by atoms with E-state index >= 15 is 4.39 Å². The maximum absolute atomic E-state index is 15.4. The van der Waals surface area contributed by atoms with E-state index in [4.69, 9.17) is 14.2 Å². The van der Waals surface area contributed by atoms with Crippen LogP contribution in [0.2, 0.25) is 0 Å². The van der Waals surface area contributed by atoms with Gasteiger partial charge >= 0.3 is 11.9 Å². The Morgan fingerprint density at radius 2 is 1.89 bits per heavy atom. The molecule has 1 aliphatic rings. The van der Waals surface area contributed by atoms with Gasteiger partial charge in [-0.05, 0) is 75.2 Å². The molecule has 0 amide bonds. The van der Waals surface area contributed by atoms with Crippen LogP contribution in [0.4, 0.5) is 4.39 Å². The Morgan fingerprint density at radius 3 is 2.51 bits per heavy atom. The molecular weight excluding hydrogens is 481 g/mol. The largest absolute Gasteiger partial charge is 0.490 e. The first-order valence-corrected chi connectivity index (χ1v) is 12.0. The Balaban J connectivity index is 2.19. The molecule has 3 aromatic rings. The molecule has 0 aliphatic carbocycles. The lowest BCUT2D eigenvalue weighted by Gasteiger charge is -2.30. The lowest BCUT2D eigenvalue weighted by Crippen LogP contribution is -2.33. The van der Waals surface area contributed by atoms with Crippen molar-refractivity contribution in [3.05, 3.63) is 62.8 Å². The van der Waals surface area contributed by atoms with Gasteiger partial charge in [-0.1, -0.05) is 6.07 Å². The van der Waals surface area contributed by atoms with Gasteiger partial charge in [0.05, 0.1) is 30.6 Å². The topological polar surface area (TPSA) is 104 Å². The molecule has 1 atom stereocenters. The summed E-state index contributed by atoms with van der Waals surface area (Å²) in [5, 5.41) is 10.0. The molecule has 1 aromatic heterocycles. The van der Waals surface area contributed by atoms with Gasteiger partial charge in [0.15, 0.2) is 17.7 Å². The second kappa shape index (κ2) is 9.63. The number of rotatable bonds is 5. The number of halogens is 1. The van der Waals surface area contributed by atoms with Crippen LogP contribution in [-0.2, 0) is 27.7 Å². The number of carbonyl (C=O) groups is 2. The summed E-state index contributed by atoms with van der Waals surface area (Å²) >= 11 is 0. The zero-order valence-corrected chi connectivity index (χ0v) is 21.7. The molecule has 4 rings (SSSR count). The molecule has 0 fully saturated rings. The van der Waals surface area contributed by atoms with Crippen molar-refractivity contribution in [2.75, 3.05) is 13.7 Å². The minimum absolute atomic E-state index is 0.0690. The number of fused-ring (bicyclic) bond motifs is 2. The highest BCUT2D eigenvalue weighted by molar-refractivity contribution is 6.03. The van der Waals surface area contributed by atoms with Crippen molar-refractivity contribution in [1.29, 1.82) is 0 Å². The third-order valence-corrected chi connectivity index (χ3v) is 6.53. The average molecular weight is 512 g/mol. The smallest absolute Gasteiger partial charge is 0.341 e. The Labute approximate surface area is 213 Å². The molecule has 196 valence electrons. The van der Waals surface area contributed by atoms with E-state index in [9.17, 15) is 19.5 Å². The predicted molar refractivity (Wildman–Crippen MR) is 136 cm³/mol. The lowest BCUT2D eigenvalue weighted by molar-refractivity contribution is -0.165. The van der Waals surface area contributed by atoms with Crippen molar-refractivity contribution in [2.24, 2.45) is 7.05 Å². The molecule has 1 unspecified atom stereocenters. The van der Waals surface area contributed by atoms with Gasteiger partial charge < -0.3 is 23.9 Å². The van der Waals surface area contributed by atoms with E-state index in [0.29, 0.717) is 35.1 Å². The number of esters is 1. The fraction of sp³-hybridized carbons (Fsp3) is 0.393. The van der Waals surface area contributed by atoms with Crippen LogP contribution in [0, 0.1) is 12.7 Å². The second-order valence-corrected chi connectivity index (χ2v) is 10.1. The summed E-state index contributed by atoms with van der Waals surface area (Å²) in [5.41, 5.74) is 1.06. The van der Waals surface area contributed by atoms with Gasteiger partial charge in [-0.3, -0.25) is 4.79 Å². The number of methoxy groups -OCH3 is 1. The highest BCUT2D eigenvalue weighted by atomic mass is 19.1. The minimum atomic E-state index is -1.32. The van der Waals surface area contributed by atoms with Crippen LogP contribution >= 0.6 is 0 Å². The Morgan fingerprint density at radius 1 is 1.19 bits per heavy atom. The van der Waals surface area contributed by atoms with E-state index in [2.05, 4.69) is 0 Å². The molecule has 0 spiro atoms. The summed E-state index contributed by atoms with van der Waals surface area (Å²) in [4.78, 5) is 38.3. The fourth-order valence-corrected chi connectivity index (χ4v) is 4.85. The van der Waals surface area contributed by atoms with Crippen LogP contribution in [0.5, 0.6) is 5.75 Å². The molecular formula is C28H30FNO7. The van der Waals surface area contributed by atoms with Crippen molar-refractivity contribution < 1.29 is 33.3 Å². The van der Waals surface area contributed by atoms with Crippen molar-refractivity contribution in [2.45, 2.75) is 52.2 Å². The van der Waals surface area contributed by atoms with Gasteiger partial charge in [0.1, 0.15) is 0 Å². The van der Waals surface area contributed by atoms with Crippen molar-refractivity contribution >= 4 is 22.7 Å². The summed E-state index contributed by atoms with van der Waals surface area (Å²) in [6.07, 6.45) is 0.000801. The first kappa shape index (κ1) is 26.3. The molecule has 2 aromatic carbocycles. The number of nitrogens with zero attached hydrogens (tertiary/aromatic N) is 1. The number of aromatic nitrogens is 1. The Hall–Kier alpha value is -3.72. The first-order chi connectivity index (χ1) is 17.4. The number of hydrogen-bond donors (Lipinski definition) is 1. The van der Waals surface area contributed by atoms with E-state index in [0.717, 1.165) is 12.0 Å². The standard InChI is InChI=1S/C28H30FNO7/c1-14-16-8-7-11-36-23(16)20(29)13-18(14)21-17-10-9-15(26(32)33)12-19(17)25(31)30(5)22(21)24(27(34)35-6)37-28(2,3)4/h9-10,12-13,24H,7-8,11H2,1-6H3,(H,32,33). The van der Waals surface area contributed by atoms with Gasteiger partial charge in [-0.15, -0.1) is 0 Å². The van der Waals surface area contributed by atoms with Crippen LogP contribution in [0.25, 0.3) is 21.9 Å². The van der Waals surface area contributed by atoms with Crippen LogP contribution in [0.1, 0.15) is 60.5 Å². The normalized spacial score (nSPS) is 14.1. The molecule has 1 N–H and O–H groups in total.